The molecule has 0 aliphatic heterocycles. The highest BCUT2D eigenvalue weighted by Crippen LogP contribution is 2.24. The summed E-state index contributed by atoms with van der Waals surface area (Å²) in [5, 5.41) is 14.8. The Labute approximate surface area is 190 Å². The van der Waals surface area contributed by atoms with E-state index in [0.29, 0.717) is 29.7 Å². The van der Waals surface area contributed by atoms with E-state index in [2.05, 4.69) is 5.32 Å². The first kappa shape index (κ1) is 20.9. The predicted molar refractivity (Wildman–Crippen MR) is 123 cm³/mol. The number of halogens is 3. The van der Waals surface area contributed by atoms with E-state index in [1.807, 2.05) is 66.7 Å². The summed E-state index contributed by atoms with van der Waals surface area (Å²) in [6.45, 7) is 1.66. The maximum atomic E-state index is 6.33. The van der Waals surface area contributed by atoms with Crippen molar-refractivity contribution in [3.8, 4) is 11.3 Å². The molecule has 0 saturated heterocycles. The van der Waals surface area contributed by atoms with Crippen LogP contribution in [0.4, 0.5) is 0 Å². The average Bonchev–Trinajstić information content (AvgIpc) is 3.15. The number of nitrogens with one attached hydrogen (secondary N) is 1. The van der Waals surface area contributed by atoms with Gasteiger partial charge >= 0.3 is 0 Å². The summed E-state index contributed by atoms with van der Waals surface area (Å²) in [5.74, 6) is 0. The summed E-state index contributed by atoms with van der Waals surface area (Å²) in [5.41, 5.74) is 4.67. The van der Waals surface area contributed by atoms with Crippen LogP contribution in [0.25, 0.3) is 11.3 Å². The SMILES string of the molecule is Clc1ccc(Cn2nc(CNCc3ccccc3Cl)c(-c3ccccc3)n2)c(Cl)c1. The molecule has 0 radical (unpaired) electrons. The Morgan fingerprint density at radius 3 is 2.27 bits per heavy atom. The molecule has 0 aliphatic rings. The van der Waals surface area contributed by atoms with Crippen LogP contribution in [-0.2, 0) is 19.6 Å². The van der Waals surface area contributed by atoms with Crippen molar-refractivity contribution in [2.45, 2.75) is 19.6 Å². The zero-order valence-electron chi connectivity index (χ0n) is 16.0. The first-order chi connectivity index (χ1) is 14.6. The normalized spacial score (nSPS) is 11.0. The zero-order chi connectivity index (χ0) is 20.9. The fourth-order valence-electron chi connectivity index (χ4n) is 3.15. The van der Waals surface area contributed by atoms with Gasteiger partial charge in [-0.2, -0.15) is 15.0 Å². The molecule has 4 aromatic rings. The molecule has 7 heteroatoms. The minimum absolute atomic E-state index is 0.459. The monoisotopic (exact) mass is 456 g/mol. The van der Waals surface area contributed by atoms with Crippen molar-refractivity contribution in [2.75, 3.05) is 0 Å². The minimum Gasteiger partial charge on any atom is -0.307 e. The lowest BCUT2D eigenvalue weighted by Crippen LogP contribution is -2.14. The molecule has 3 aromatic carbocycles. The quantitative estimate of drug-likeness (QED) is 0.357. The summed E-state index contributed by atoms with van der Waals surface area (Å²) in [6, 6.07) is 23.3. The lowest BCUT2D eigenvalue weighted by atomic mass is 10.1. The molecule has 0 atom stereocenters. The van der Waals surface area contributed by atoms with E-state index in [-0.39, 0.29) is 0 Å². The Bertz CT molecular complexity index is 1140. The van der Waals surface area contributed by atoms with E-state index in [0.717, 1.165) is 33.1 Å². The first-order valence-electron chi connectivity index (χ1n) is 9.47. The predicted octanol–water partition coefficient (Wildman–Crippen LogP) is 6.24. The molecule has 1 aromatic heterocycles. The standard InChI is InChI=1S/C23H19Cl3N4/c24-19-11-10-18(21(26)12-19)15-30-28-22(23(29-30)16-6-2-1-3-7-16)14-27-13-17-8-4-5-9-20(17)25/h1-12,27H,13-15H2. The fraction of sp³-hybridized carbons (Fsp3) is 0.130. The van der Waals surface area contributed by atoms with Crippen LogP contribution in [0.1, 0.15) is 16.8 Å². The van der Waals surface area contributed by atoms with Gasteiger partial charge in [0.2, 0.25) is 0 Å². The van der Waals surface area contributed by atoms with Gasteiger partial charge in [-0.25, -0.2) is 0 Å². The summed E-state index contributed by atoms with van der Waals surface area (Å²) < 4.78 is 0. The van der Waals surface area contributed by atoms with Gasteiger partial charge in [-0.3, -0.25) is 0 Å². The molecule has 0 amide bonds. The van der Waals surface area contributed by atoms with E-state index in [9.17, 15) is 0 Å². The van der Waals surface area contributed by atoms with E-state index < -0.39 is 0 Å². The molecular formula is C23H19Cl3N4. The number of hydrogen-bond acceptors (Lipinski definition) is 3. The molecule has 1 N–H and O–H groups in total. The molecule has 30 heavy (non-hydrogen) atoms. The van der Waals surface area contributed by atoms with Crippen molar-refractivity contribution in [3.63, 3.8) is 0 Å². The van der Waals surface area contributed by atoms with Crippen LogP contribution in [-0.4, -0.2) is 15.0 Å². The van der Waals surface area contributed by atoms with Crippen LogP contribution >= 0.6 is 34.8 Å². The van der Waals surface area contributed by atoms with Gasteiger partial charge < -0.3 is 5.32 Å². The van der Waals surface area contributed by atoms with Gasteiger partial charge in [0, 0.05) is 33.7 Å². The van der Waals surface area contributed by atoms with Crippen LogP contribution in [0.3, 0.4) is 0 Å². The number of nitrogens with zero attached hydrogens (tertiary/aromatic N) is 3. The highest BCUT2D eigenvalue weighted by Gasteiger charge is 2.14. The summed E-state index contributed by atoms with van der Waals surface area (Å²) in [6.07, 6.45) is 0. The first-order valence-corrected chi connectivity index (χ1v) is 10.6. The lowest BCUT2D eigenvalue weighted by Gasteiger charge is -2.06. The van der Waals surface area contributed by atoms with Crippen LogP contribution < -0.4 is 5.32 Å². The van der Waals surface area contributed by atoms with Crippen molar-refractivity contribution < 1.29 is 0 Å². The average molecular weight is 458 g/mol. The van der Waals surface area contributed by atoms with Crippen LogP contribution in [0.2, 0.25) is 15.1 Å². The van der Waals surface area contributed by atoms with Crippen LogP contribution in [0.15, 0.2) is 72.8 Å². The molecule has 152 valence electrons. The van der Waals surface area contributed by atoms with Gasteiger partial charge in [0.1, 0.15) is 11.4 Å². The number of hydrogen-bond donors (Lipinski definition) is 1. The third-order valence-corrected chi connectivity index (χ3v) is 5.62. The van der Waals surface area contributed by atoms with Crippen molar-refractivity contribution in [2.24, 2.45) is 0 Å². The highest BCUT2D eigenvalue weighted by molar-refractivity contribution is 6.35. The van der Waals surface area contributed by atoms with Crippen LogP contribution in [0.5, 0.6) is 0 Å². The Hall–Kier alpha value is -2.37. The van der Waals surface area contributed by atoms with E-state index in [1.165, 1.54) is 0 Å². The van der Waals surface area contributed by atoms with Crippen molar-refractivity contribution >= 4 is 34.8 Å². The number of rotatable bonds is 7. The second kappa shape index (κ2) is 9.63. The highest BCUT2D eigenvalue weighted by atomic mass is 35.5. The molecule has 1 heterocycles. The molecule has 0 saturated carbocycles. The third kappa shape index (κ3) is 5.02. The van der Waals surface area contributed by atoms with Gasteiger partial charge in [-0.05, 0) is 29.3 Å². The van der Waals surface area contributed by atoms with Gasteiger partial charge in [0.25, 0.3) is 0 Å². The minimum atomic E-state index is 0.459. The lowest BCUT2D eigenvalue weighted by molar-refractivity contribution is 0.576. The van der Waals surface area contributed by atoms with Crippen molar-refractivity contribution in [3.05, 3.63) is 105 Å². The topological polar surface area (TPSA) is 42.7 Å². The molecule has 4 rings (SSSR count). The largest absolute Gasteiger partial charge is 0.307 e. The Morgan fingerprint density at radius 2 is 1.50 bits per heavy atom. The Balaban J connectivity index is 1.57. The van der Waals surface area contributed by atoms with Crippen molar-refractivity contribution in [1.29, 1.82) is 0 Å². The van der Waals surface area contributed by atoms with E-state index >= 15 is 0 Å². The molecule has 0 spiro atoms. The molecule has 4 nitrogen and oxygen atoms in total. The number of benzene rings is 3. The smallest absolute Gasteiger partial charge is 0.117 e. The molecule has 0 unspecified atom stereocenters. The maximum absolute atomic E-state index is 6.33. The zero-order valence-corrected chi connectivity index (χ0v) is 18.3. The second-order valence-corrected chi connectivity index (χ2v) is 8.07. The fourth-order valence-corrected chi connectivity index (χ4v) is 3.82. The second-order valence-electron chi connectivity index (χ2n) is 6.82. The van der Waals surface area contributed by atoms with Gasteiger partial charge in [0.15, 0.2) is 0 Å². The number of aromatic nitrogens is 3. The third-order valence-electron chi connectivity index (χ3n) is 4.66. The summed E-state index contributed by atoms with van der Waals surface area (Å²) in [7, 11) is 0. The Kier molecular flexibility index (Phi) is 6.70. The van der Waals surface area contributed by atoms with Gasteiger partial charge in [-0.1, -0.05) is 89.4 Å². The van der Waals surface area contributed by atoms with Crippen molar-refractivity contribution in [1.82, 2.24) is 20.3 Å². The maximum Gasteiger partial charge on any atom is 0.117 e. The summed E-state index contributed by atoms with van der Waals surface area (Å²) in [4.78, 5) is 1.67. The Morgan fingerprint density at radius 1 is 0.733 bits per heavy atom. The molecular weight excluding hydrogens is 439 g/mol. The van der Waals surface area contributed by atoms with Crippen LogP contribution in [0, 0.1) is 0 Å². The van der Waals surface area contributed by atoms with Gasteiger partial charge in [0.05, 0.1) is 6.54 Å². The summed E-state index contributed by atoms with van der Waals surface area (Å²) >= 11 is 18.6. The van der Waals surface area contributed by atoms with E-state index in [1.54, 1.807) is 10.9 Å². The van der Waals surface area contributed by atoms with E-state index in [4.69, 9.17) is 45.0 Å². The molecule has 0 aliphatic carbocycles. The molecule has 0 fully saturated rings. The molecule has 0 bridgehead atoms. The van der Waals surface area contributed by atoms with Gasteiger partial charge in [-0.15, -0.1) is 0 Å².